The predicted octanol–water partition coefficient (Wildman–Crippen LogP) is 3.62. The number of rotatable bonds is 7. The Bertz CT molecular complexity index is 1800. The highest BCUT2D eigenvalue weighted by Gasteiger charge is 2.53. The Morgan fingerprint density at radius 1 is 0.952 bits per heavy atom. The Labute approximate surface area is 239 Å². The van der Waals surface area contributed by atoms with Crippen LogP contribution in [0.25, 0.3) is 16.6 Å². The van der Waals surface area contributed by atoms with Crippen molar-refractivity contribution in [3.8, 4) is 11.4 Å². The van der Waals surface area contributed by atoms with Crippen LogP contribution in [0.4, 0.5) is 10.5 Å². The van der Waals surface area contributed by atoms with Gasteiger partial charge in [0.1, 0.15) is 11.6 Å². The Balaban J connectivity index is 1.76. The zero-order valence-electron chi connectivity index (χ0n) is 23.1. The first-order valence-corrected chi connectivity index (χ1v) is 12.8. The van der Waals surface area contributed by atoms with Gasteiger partial charge in [-0.25, -0.2) is 19.5 Å². The number of aromatic nitrogens is 2. The van der Waals surface area contributed by atoms with Crippen LogP contribution in [-0.2, 0) is 19.1 Å². The molecule has 12 nitrogen and oxygen atoms in total. The standard InChI is InChI=1S/C30H26N4O8/c1-30(2)28(38)34(29(39)42-30)23(25(35)32-21-16-17(27(37)41-4)14-15-22(21)40-3)24-31-20-13-9-8-12-19(20)26(36)33(24)18-10-6-5-7-11-18/h5-16,23H,1-4H3,(H,32,35). The van der Waals surface area contributed by atoms with Gasteiger partial charge in [-0.1, -0.05) is 30.3 Å². The highest BCUT2D eigenvalue weighted by Crippen LogP contribution is 2.35. The van der Waals surface area contributed by atoms with E-state index in [1.807, 2.05) is 0 Å². The Morgan fingerprint density at radius 3 is 2.29 bits per heavy atom. The number of carbonyl (C=O) groups excluding carboxylic acids is 4. The fourth-order valence-electron chi connectivity index (χ4n) is 4.67. The number of esters is 1. The highest BCUT2D eigenvalue weighted by molar-refractivity contribution is 6.08. The van der Waals surface area contributed by atoms with Crippen LogP contribution in [0.3, 0.4) is 0 Å². The lowest BCUT2D eigenvalue weighted by molar-refractivity contribution is -0.139. The fourth-order valence-corrected chi connectivity index (χ4v) is 4.67. The molecule has 1 saturated heterocycles. The van der Waals surface area contributed by atoms with Crippen LogP contribution in [0, 0.1) is 0 Å². The van der Waals surface area contributed by atoms with Crippen LogP contribution in [0.5, 0.6) is 5.75 Å². The Kier molecular flexibility index (Phi) is 7.21. The van der Waals surface area contributed by atoms with Gasteiger partial charge in [-0.05, 0) is 56.3 Å². The minimum absolute atomic E-state index is 0.0454. The number of carbonyl (C=O) groups is 4. The van der Waals surface area contributed by atoms with Gasteiger partial charge in [-0.3, -0.25) is 19.0 Å². The summed E-state index contributed by atoms with van der Waals surface area (Å²) in [5.74, 6) is -2.44. The van der Waals surface area contributed by atoms with E-state index in [4.69, 9.17) is 14.2 Å². The fraction of sp³-hybridized carbons (Fsp3) is 0.200. The maximum Gasteiger partial charge on any atom is 0.418 e. The van der Waals surface area contributed by atoms with Crippen molar-refractivity contribution in [1.29, 1.82) is 0 Å². The summed E-state index contributed by atoms with van der Waals surface area (Å²) in [6.45, 7) is 2.78. The highest BCUT2D eigenvalue weighted by atomic mass is 16.6. The number of methoxy groups -OCH3 is 2. The monoisotopic (exact) mass is 570 g/mol. The maximum atomic E-state index is 14.2. The third-order valence-electron chi connectivity index (χ3n) is 6.72. The number of nitrogens with zero attached hydrogens (tertiary/aromatic N) is 3. The number of para-hydroxylation sites is 2. The molecule has 4 aromatic rings. The first-order chi connectivity index (χ1) is 20.1. The summed E-state index contributed by atoms with van der Waals surface area (Å²) in [5.41, 5.74) is -1.38. The van der Waals surface area contributed by atoms with Crippen molar-refractivity contribution in [3.63, 3.8) is 0 Å². The number of hydrogen-bond donors (Lipinski definition) is 1. The number of benzene rings is 3. The Hall–Kier alpha value is -5.52. The smallest absolute Gasteiger partial charge is 0.418 e. The molecule has 0 aliphatic carbocycles. The van der Waals surface area contributed by atoms with E-state index in [-0.39, 0.29) is 33.7 Å². The molecule has 1 unspecified atom stereocenters. The summed E-state index contributed by atoms with van der Waals surface area (Å²) in [7, 11) is 2.57. The van der Waals surface area contributed by atoms with Crippen LogP contribution >= 0.6 is 0 Å². The maximum absolute atomic E-state index is 14.2. The van der Waals surface area contributed by atoms with Gasteiger partial charge in [0, 0.05) is 0 Å². The molecule has 1 aliphatic rings. The average molecular weight is 571 g/mol. The number of imide groups is 1. The topological polar surface area (TPSA) is 146 Å². The number of hydrogen-bond acceptors (Lipinski definition) is 9. The van der Waals surface area contributed by atoms with Gasteiger partial charge in [0.05, 0.1) is 42.1 Å². The molecule has 3 amide bonds. The first-order valence-electron chi connectivity index (χ1n) is 12.8. The lowest BCUT2D eigenvalue weighted by atomic mass is 10.1. The van der Waals surface area contributed by atoms with E-state index in [9.17, 15) is 24.0 Å². The molecule has 1 aromatic heterocycles. The van der Waals surface area contributed by atoms with Gasteiger partial charge in [-0.15, -0.1) is 0 Å². The van der Waals surface area contributed by atoms with E-state index in [1.165, 1.54) is 50.8 Å². The van der Waals surface area contributed by atoms with Gasteiger partial charge >= 0.3 is 12.1 Å². The summed E-state index contributed by atoms with van der Waals surface area (Å²) in [4.78, 5) is 72.3. The van der Waals surface area contributed by atoms with Crippen LogP contribution < -0.4 is 15.6 Å². The van der Waals surface area contributed by atoms with Crippen LogP contribution in [0.2, 0.25) is 0 Å². The van der Waals surface area contributed by atoms with Crippen LogP contribution in [0.15, 0.2) is 77.6 Å². The largest absolute Gasteiger partial charge is 0.495 e. The quantitative estimate of drug-likeness (QED) is 0.329. The van der Waals surface area contributed by atoms with E-state index >= 15 is 0 Å². The zero-order valence-corrected chi connectivity index (χ0v) is 23.1. The van der Waals surface area contributed by atoms with E-state index in [2.05, 4.69) is 10.3 Å². The van der Waals surface area contributed by atoms with Gasteiger partial charge < -0.3 is 19.5 Å². The third-order valence-corrected chi connectivity index (χ3v) is 6.72. The lowest BCUT2D eigenvalue weighted by Gasteiger charge is -2.26. The molecule has 42 heavy (non-hydrogen) atoms. The number of nitrogens with one attached hydrogen (secondary N) is 1. The summed E-state index contributed by atoms with van der Waals surface area (Å²) in [5, 5.41) is 2.90. The molecule has 5 rings (SSSR count). The van der Waals surface area contributed by atoms with Crippen molar-refractivity contribution in [2.24, 2.45) is 0 Å². The van der Waals surface area contributed by atoms with Gasteiger partial charge in [-0.2, -0.15) is 0 Å². The number of amides is 3. The summed E-state index contributed by atoms with van der Waals surface area (Å²) in [6, 6.07) is 17.3. The van der Waals surface area contributed by atoms with Crippen molar-refractivity contribution < 1.29 is 33.4 Å². The molecule has 0 spiro atoms. The SMILES string of the molecule is COC(=O)c1ccc(OC)c(NC(=O)C(c2nc3ccccc3c(=O)n2-c2ccccc2)N2C(=O)OC(C)(C)C2=O)c1. The molecule has 2 heterocycles. The van der Waals surface area contributed by atoms with Crippen LogP contribution in [0.1, 0.15) is 36.1 Å². The second kappa shape index (κ2) is 10.8. The van der Waals surface area contributed by atoms with Gasteiger partial charge in [0.15, 0.2) is 11.6 Å². The molecule has 1 N–H and O–H groups in total. The molecule has 3 aromatic carbocycles. The number of fused-ring (bicyclic) bond motifs is 1. The van der Waals surface area contributed by atoms with E-state index in [0.717, 1.165) is 0 Å². The summed E-state index contributed by atoms with van der Waals surface area (Å²) < 4.78 is 16.6. The van der Waals surface area contributed by atoms with E-state index in [1.54, 1.807) is 54.6 Å². The predicted molar refractivity (Wildman–Crippen MR) is 150 cm³/mol. The van der Waals surface area contributed by atoms with E-state index < -0.39 is 41.1 Å². The van der Waals surface area contributed by atoms with Crippen LogP contribution in [-0.4, -0.2) is 58.1 Å². The molecule has 12 heteroatoms. The Morgan fingerprint density at radius 2 is 1.64 bits per heavy atom. The molecule has 214 valence electrons. The number of cyclic esters (lactones) is 1. The van der Waals surface area contributed by atoms with Crippen molar-refractivity contribution in [1.82, 2.24) is 14.5 Å². The van der Waals surface area contributed by atoms with Crippen molar-refractivity contribution >= 4 is 40.5 Å². The number of anilines is 1. The molecule has 1 fully saturated rings. The second-order valence-electron chi connectivity index (χ2n) is 9.82. The molecule has 0 saturated carbocycles. The molecule has 0 radical (unpaired) electrons. The zero-order chi connectivity index (χ0) is 30.2. The van der Waals surface area contributed by atoms with Crippen molar-refractivity contribution in [2.45, 2.75) is 25.5 Å². The normalized spacial score (nSPS) is 14.8. The molecule has 1 aliphatic heterocycles. The second-order valence-corrected chi connectivity index (χ2v) is 9.82. The third kappa shape index (κ3) is 4.83. The molecular formula is C30H26N4O8. The van der Waals surface area contributed by atoms with Gasteiger partial charge in [0.25, 0.3) is 17.4 Å². The average Bonchev–Trinajstić information content (AvgIpc) is 3.19. The minimum atomic E-state index is -1.78. The van der Waals surface area contributed by atoms with Gasteiger partial charge in [0.2, 0.25) is 0 Å². The van der Waals surface area contributed by atoms with Crippen molar-refractivity contribution in [2.75, 3.05) is 19.5 Å². The van der Waals surface area contributed by atoms with E-state index in [0.29, 0.717) is 10.6 Å². The first kappa shape index (κ1) is 28.0. The lowest BCUT2D eigenvalue weighted by Crippen LogP contribution is -2.45. The molecule has 0 bridgehead atoms. The summed E-state index contributed by atoms with van der Waals surface area (Å²) >= 11 is 0. The van der Waals surface area contributed by atoms with Crippen molar-refractivity contribution in [3.05, 3.63) is 94.5 Å². The molecular weight excluding hydrogens is 544 g/mol. The molecule has 1 atom stereocenters. The minimum Gasteiger partial charge on any atom is -0.495 e. The summed E-state index contributed by atoms with van der Waals surface area (Å²) in [6.07, 6.45) is -1.09. The number of ether oxygens (including phenoxy) is 3.